The molecule has 1 aromatic heterocycles. The first-order chi connectivity index (χ1) is 9.95. The van der Waals surface area contributed by atoms with E-state index < -0.39 is 0 Å². The van der Waals surface area contributed by atoms with Crippen molar-refractivity contribution in [3.63, 3.8) is 0 Å². The van der Waals surface area contributed by atoms with Gasteiger partial charge in [-0.1, -0.05) is 0 Å². The Balaban J connectivity index is 1.99. The average molecular weight is 286 g/mol. The van der Waals surface area contributed by atoms with Crippen LogP contribution in [-0.4, -0.2) is 15.7 Å². The summed E-state index contributed by atoms with van der Waals surface area (Å²) in [5.74, 6) is 1.26. The van der Waals surface area contributed by atoms with Gasteiger partial charge in [-0.05, 0) is 31.9 Å². The Morgan fingerprint density at radius 2 is 2.10 bits per heavy atom. The molecule has 6 nitrogen and oxygen atoms in total. The van der Waals surface area contributed by atoms with Crippen molar-refractivity contribution < 1.29 is 9.53 Å². The first-order valence-electron chi connectivity index (χ1n) is 6.86. The van der Waals surface area contributed by atoms with Crippen LogP contribution in [0.25, 0.3) is 0 Å². The lowest BCUT2D eigenvalue weighted by Crippen LogP contribution is -2.19. The lowest BCUT2D eigenvalue weighted by molar-refractivity contribution is -0.116. The van der Waals surface area contributed by atoms with Gasteiger partial charge < -0.3 is 15.8 Å². The van der Waals surface area contributed by atoms with Crippen molar-refractivity contribution >= 4 is 17.3 Å². The molecule has 1 amide bonds. The molecule has 0 saturated carbocycles. The Labute approximate surface area is 122 Å². The highest BCUT2D eigenvalue weighted by Crippen LogP contribution is 2.37. The Morgan fingerprint density at radius 1 is 1.33 bits per heavy atom. The van der Waals surface area contributed by atoms with E-state index in [-0.39, 0.29) is 5.91 Å². The van der Waals surface area contributed by atoms with Crippen LogP contribution in [0.2, 0.25) is 0 Å². The van der Waals surface area contributed by atoms with Crippen molar-refractivity contribution in [2.24, 2.45) is 7.05 Å². The van der Waals surface area contributed by atoms with E-state index in [1.165, 1.54) is 0 Å². The number of amides is 1. The van der Waals surface area contributed by atoms with Crippen LogP contribution in [0.1, 0.15) is 23.4 Å². The molecule has 0 aliphatic carbocycles. The summed E-state index contributed by atoms with van der Waals surface area (Å²) in [6.07, 6.45) is 1.20. The van der Waals surface area contributed by atoms with Crippen LogP contribution in [0.5, 0.6) is 11.5 Å². The number of aryl methyl sites for hydroxylation is 3. The fourth-order valence-corrected chi connectivity index (χ4v) is 2.53. The van der Waals surface area contributed by atoms with Crippen LogP contribution in [-0.2, 0) is 18.3 Å². The van der Waals surface area contributed by atoms with Crippen molar-refractivity contribution in [1.82, 2.24) is 9.78 Å². The zero-order chi connectivity index (χ0) is 15.1. The maximum absolute atomic E-state index is 11.5. The van der Waals surface area contributed by atoms with E-state index in [1.54, 1.807) is 10.7 Å². The minimum absolute atomic E-state index is 0.0203. The lowest BCUT2D eigenvalue weighted by atomic mass is 10.0. The van der Waals surface area contributed by atoms with Gasteiger partial charge in [0.25, 0.3) is 0 Å². The molecule has 0 fully saturated rings. The summed E-state index contributed by atoms with van der Waals surface area (Å²) in [7, 11) is 1.87. The van der Waals surface area contributed by atoms with E-state index in [9.17, 15) is 4.79 Å². The molecular formula is C15H18N4O2. The smallest absolute Gasteiger partial charge is 0.224 e. The summed E-state index contributed by atoms with van der Waals surface area (Å²) in [6.45, 7) is 3.82. The molecule has 6 heteroatoms. The number of rotatable bonds is 2. The molecule has 0 unspecified atom stereocenters. The maximum atomic E-state index is 11.5. The summed E-state index contributed by atoms with van der Waals surface area (Å²) in [6, 6.07) is 3.65. The van der Waals surface area contributed by atoms with E-state index in [1.807, 2.05) is 27.0 Å². The molecule has 3 N–H and O–H groups in total. The number of hydrogen-bond acceptors (Lipinski definition) is 4. The van der Waals surface area contributed by atoms with Gasteiger partial charge in [0.15, 0.2) is 11.5 Å². The van der Waals surface area contributed by atoms with E-state index in [0.29, 0.717) is 30.0 Å². The molecule has 21 heavy (non-hydrogen) atoms. The van der Waals surface area contributed by atoms with Gasteiger partial charge in [-0.2, -0.15) is 5.10 Å². The minimum atomic E-state index is 0.0203. The molecule has 110 valence electrons. The van der Waals surface area contributed by atoms with Crippen molar-refractivity contribution in [1.29, 1.82) is 0 Å². The third-order valence-corrected chi connectivity index (χ3v) is 3.79. The second-order valence-corrected chi connectivity index (χ2v) is 5.32. The fourth-order valence-electron chi connectivity index (χ4n) is 2.53. The zero-order valence-electron chi connectivity index (χ0n) is 12.4. The number of nitrogens with zero attached hydrogens (tertiary/aromatic N) is 2. The number of carbonyl (C=O) groups excluding carboxylic acids is 1. The van der Waals surface area contributed by atoms with Gasteiger partial charge in [-0.25, -0.2) is 0 Å². The molecule has 0 spiro atoms. The van der Waals surface area contributed by atoms with Crippen molar-refractivity contribution in [3.8, 4) is 11.5 Å². The van der Waals surface area contributed by atoms with Crippen LogP contribution >= 0.6 is 0 Å². The van der Waals surface area contributed by atoms with Gasteiger partial charge in [-0.15, -0.1) is 0 Å². The summed E-state index contributed by atoms with van der Waals surface area (Å²) in [5, 5.41) is 7.17. The monoisotopic (exact) mass is 286 g/mol. The molecule has 1 aliphatic rings. The first-order valence-corrected chi connectivity index (χ1v) is 6.86. The van der Waals surface area contributed by atoms with E-state index in [4.69, 9.17) is 10.5 Å². The summed E-state index contributed by atoms with van der Waals surface area (Å²) in [5.41, 5.74) is 10.2. The molecule has 0 saturated heterocycles. The molecule has 0 radical (unpaired) electrons. The molecule has 1 aliphatic heterocycles. The van der Waals surface area contributed by atoms with E-state index >= 15 is 0 Å². The number of fused-ring (bicyclic) bond motifs is 1. The van der Waals surface area contributed by atoms with Gasteiger partial charge in [-0.3, -0.25) is 9.48 Å². The Kier molecular flexibility index (Phi) is 3.08. The number of hydrogen-bond donors (Lipinski definition) is 2. The zero-order valence-corrected chi connectivity index (χ0v) is 12.4. The normalized spacial score (nSPS) is 13.8. The number of ether oxygens (including phenoxy) is 1. The lowest BCUT2D eigenvalue weighted by Gasteiger charge is -2.19. The molecule has 2 aromatic rings. The SMILES string of the molecule is Cc1nn(C)c(C)c1Oc1cc2c(cc1N)CCC(=O)N2. The quantitative estimate of drug-likeness (QED) is 0.830. The van der Waals surface area contributed by atoms with Crippen molar-refractivity contribution in [3.05, 3.63) is 29.1 Å². The third kappa shape index (κ3) is 2.33. The minimum Gasteiger partial charge on any atom is -0.451 e. The number of nitrogens with one attached hydrogen (secondary N) is 1. The molecule has 0 bridgehead atoms. The van der Waals surface area contributed by atoms with Crippen LogP contribution < -0.4 is 15.8 Å². The second kappa shape index (κ2) is 4.80. The fraction of sp³-hybridized carbons (Fsp3) is 0.333. The number of nitrogen functional groups attached to an aromatic ring is 1. The molecule has 2 heterocycles. The van der Waals surface area contributed by atoms with Crippen molar-refractivity contribution in [2.75, 3.05) is 11.1 Å². The second-order valence-electron chi connectivity index (χ2n) is 5.32. The van der Waals surface area contributed by atoms with Crippen LogP contribution in [0.15, 0.2) is 12.1 Å². The summed E-state index contributed by atoms with van der Waals surface area (Å²) < 4.78 is 7.70. The third-order valence-electron chi connectivity index (χ3n) is 3.79. The molecule has 1 aromatic carbocycles. The van der Waals surface area contributed by atoms with Gasteiger partial charge in [0.05, 0.1) is 11.4 Å². The topological polar surface area (TPSA) is 82.2 Å². The van der Waals surface area contributed by atoms with Crippen LogP contribution in [0.4, 0.5) is 11.4 Å². The predicted molar refractivity (Wildman–Crippen MR) is 80.6 cm³/mol. The highest BCUT2D eigenvalue weighted by molar-refractivity contribution is 5.94. The Bertz CT molecular complexity index is 734. The molecule has 3 rings (SSSR count). The van der Waals surface area contributed by atoms with Gasteiger partial charge in [0.2, 0.25) is 5.91 Å². The Hall–Kier alpha value is -2.50. The van der Waals surface area contributed by atoms with E-state index in [0.717, 1.165) is 22.6 Å². The maximum Gasteiger partial charge on any atom is 0.224 e. The highest BCUT2D eigenvalue weighted by atomic mass is 16.5. The standard InChI is InChI=1S/C15H18N4O2/c1-8-15(9(2)19(3)18-8)21-13-7-12-10(6-11(13)16)4-5-14(20)17-12/h6-7H,4-5,16H2,1-3H3,(H,17,20). The summed E-state index contributed by atoms with van der Waals surface area (Å²) in [4.78, 5) is 11.5. The predicted octanol–water partition coefficient (Wildman–Crippen LogP) is 2.30. The van der Waals surface area contributed by atoms with E-state index in [2.05, 4.69) is 10.4 Å². The van der Waals surface area contributed by atoms with Gasteiger partial charge in [0.1, 0.15) is 5.69 Å². The number of carbonyl (C=O) groups is 1. The van der Waals surface area contributed by atoms with Gasteiger partial charge in [0, 0.05) is 25.2 Å². The average Bonchev–Trinajstić information content (AvgIpc) is 2.66. The number of nitrogens with two attached hydrogens (primary N) is 1. The molecular weight excluding hydrogens is 268 g/mol. The number of benzene rings is 1. The molecule has 0 atom stereocenters. The van der Waals surface area contributed by atoms with Crippen LogP contribution in [0.3, 0.4) is 0 Å². The highest BCUT2D eigenvalue weighted by Gasteiger charge is 2.19. The summed E-state index contributed by atoms with van der Waals surface area (Å²) >= 11 is 0. The largest absolute Gasteiger partial charge is 0.451 e. The number of aromatic nitrogens is 2. The number of anilines is 2. The Morgan fingerprint density at radius 3 is 2.76 bits per heavy atom. The van der Waals surface area contributed by atoms with Crippen LogP contribution in [0, 0.1) is 13.8 Å². The van der Waals surface area contributed by atoms with Crippen molar-refractivity contribution in [2.45, 2.75) is 26.7 Å². The first kappa shape index (κ1) is 13.5. The van der Waals surface area contributed by atoms with Gasteiger partial charge >= 0.3 is 0 Å².